The van der Waals surface area contributed by atoms with Crippen LogP contribution in [0.5, 0.6) is 5.75 Å². The molecule has 0 radical (unpaired) electrons. The lowest BCUT2D eigenvalue weighted by Gasteiger charge is -2.30. The van der Waals surface area contributed by atoms with Crippen molar-refractivity contribution in [3.8, 4) is 5.75 Å². The second-order valence-corrected chi connectivity index (χ2v) is 5.42. The van der Waals surface area contributed by atoms with E-state index in [-0.39, 0.29) is 11.3 Å². The SMILES string of the molecule is CCC(C)(CCCl)Nc1nccc2ccc(O)cc12. The van der Waals surface area contributed by atoms with E-state index in [2.05, 4.69) is 24.1 Å². The fourth-order valence-electron chi connectivity index (χ4n) is 2.08. The molecule has 1 aromatic carbocycles. The number of benzene rings is 1. The molecule has 0 saturated heterocycles. The van der Waals surface area contributed by atoms with E-state index in [1.807, 2.05) is 12.1 Å². The quantitative estimate of drug-likeness (QED) is 0.808. The number of phenolic OH excluding ortho intramolecular Hbond substituents is 1. The van der Waals surface area contributed by atoms with Gasteiger partial charge in [-0.25, -0.2) is 4.98 Å². The number of alkyl halides is 1. The van der Waals surface area contributed by atoms with Crippen LogP contribution in [0.15, 0.2) is 30.5 Å². The summed E-state index contributed by atoms with van der Waals surface area (Å²) in [4.78, 5) is 4.40. The average molecular weight is 279 g/mol. The predicted octanol–water partition coefficient (Wildman–Crippen LogP) is 4.15. The second-order valence-electron chi connectivity index (χ2n) is 5.04. The first-order valence-corrected chi connectivity index (χ1v) is 7.03. The Morgan fingerprint density at radius 1 is 1.37 bits per heavy atom. The van der Waals surface area contributed by atoms with Gasteiger partial charge in [0.15, 0.2) is 0 Å². The lowest BCUT2D eigenvalue weighted by molar-refractivity contribution is 0.475. The molecule has 0 aliphatic heterocycles. The summed E-state index contributed by atoms with van der Waals surface area (Å²) in [5, 5.41) is 15.1. The Hall–Kier alpha value is -1.48. The highest BCUT2D eigenvalue weighted by Crippen LogP contribution is 2.29. The topological polar surface area (TPSA) is 45.2 Å². The summed E-state index contributed by atoms with van der Waals surface area (Å²) < 4.78 is 0. The molecule has 2 aromatic rings. The summed E-state index contributed by atoms with van der Waals surface area (Å²) in [6, 6.07) is 7.25. The first kappa shape index (κ1) is 13.9. The van der Waals surface area contributed by atoms with Gasteiger partial charge in [0.1, 0.15) is 11.6 Å². The molecule has 1 unspecified atom stereocenters. The van der Waals surface area contributed by atoms with E-state index in [9.17, 15) is 5.11 Å². The molecular formula is C15H19ClN2O. The van der Waals surface area contributed by atoms with Crippen molar-refractivity contribution in [2.75, 3.05) is 11.2 Å². The van der Waals surface area contributed by atoms with Crippen LogP contribution in [0, 0.1) is 0 Å². The Kier molecular flexibility index (Phi) is 4.15. The van der Waals surface area contributed by atoms with Crippen LogP contribution in [0.1, 0.15) is 26.7 Å². The number of nitrogens with zero attached hydrogens (tertiary/aromatic N) is 1. The molecular weight excluding hydrogens is 260 g/mol. The minimum absolute atomic E-state index is 0.0888. The maximum atomic E-state index is 9.64. The van der Waals surface area contributed by atoms with Gasteiger partial charge in [-0.1, -0.05) is 13.0 Å². The molecule has 0 spiro atoms. The smallest absolute Gasteiger partial charge is 0.134 e. The number of halogens is 1. The van der Waals surface area contributed by atoms with Crippen LogP contribution in [0.4, 0.5) is 5.82 Å². The predicted molar refractivity (Wildman–Crippen MR) is 81.1 cm³/mol. The number of anilines is 1. The van der Waals surface area contributed by atoms with Crippen molar-refractivity contribution in [3.63, 3.8) is 0 Å². The van der Waals surface area contributed by atoms with Crippen molar-refractivity contribution in [3.05, 3.63) is 30.5 Å². The van der Waals surface area contributed by atoms with E-state index in [4.69, 9.17) is 11.6 Å². The van der Waals surface area contributed by atoms with Gasteiger partial charge >= 0.3 is 0 Å². The van der Waals surface area contributed by atoms with Crippen molar-refractivity contribution in [1.29, 1.82) is 0 Å². The molecule has 2 rings (SSSR count). The summed E-state index contributed by atoms with van der Waals surface area (Å²) in [6.45, 7) is 4.26. The average Bonchev–Trinajstić information content (AvgIpc) is 2.40. The van der Waals surface area contributed by atoms with Crippen LogP contribution in [0.25, 0.3) is 10.8 Å². The standard InChI is InChI=1S/C15H19ClN2O/c1-3-15(2,7-8-16)18-14-13-10-12(19)5-4-11(13)6-9-17-14/h4-6,9-10,19H,3,7-8H2,1-2H3,(H,17,18). The maximum absolute atomic E-state index is 9.64. The molecule has 19 heavy (non-hydrogen) atoms. The van der Waals surface area contributed by atoms with E-state index in [1.165, 1.54) is 0 Å². The van der Waals surface area contributed by atoms with Gasteiger partial charge in [0.25, 0.3) is 0 Å². The molecule has 0 aliphatic carbocycles. The van der Waals surface area contributed by atoms with E-state index in [1.54, 1.807) is 18.3 Å². The normalized spacial score (nSPS) is 14.3. The summed E-state index contributed by atoms with van der Waals surface area (Å²) >= 11 is 5.87. The Labute approximate surface area is 118 Å². The number of phenols is 1. The van der Waals surface area contributed by atoms with Crippen LogP contribution in [-0.4, -0.2) is 21.5 Å². The number of aromatic nitrogens is 1. The zero-order chi connectivity index (χ0) is 13.9. The Balaban J connectivity index is 2.42. The van der Waals surface area contributed by atoms with Crippen LogP contribution in [0.2, 0.25) is 0 Å². The van der Waals surface area contributed by atoms with Gasteiger partial charge in [0, 0.05) is 23.0 Å². The molecule has 0 bridgehead atoms. The van der Waals surface area contributed by atoms with E-state index >= 15 is 0 Å². The second kappa shape index (κ2) is 5.66. The number of nitrogens with one attached hydrogen (secondary N) is 1. The van der Waals surface area contributed by atoms with Crippen LogP contribution in [-0.2, 0) is 0 Å². The molecule has 4 heteroatoms. The molecule has 0 fully saturated rings. The van der Waals surface area contributed by atoms with Gasteiger partial charge in [0.05, 0.1) is 0 Å². The number of aromatic hydroxyl groups is 1. The van der Waals surface area contributed by atoms with Gasteiger partial charge in [0.2, 0.25) is 0 Å². The molecule has 0 amide bonds. The van der Waals surface area contributed by atoms with E-state index in [0.717, 1.165) is 29.4 Å². The molecule has 1 atom stereocenters. The Morgan fingerprint density at radius 3 is 2.84 bits per heavy atom. The number of hydrogen-bond donors (Lipinski definition) is 2. The molecule has 1 heterocycles. The monoisotopic (exact) mass is 278 g/mol. The van der Waals surface area contributed by atoms with Crippen molar-refractivity contribution in [2.45, 2.75) is 32.2 Å². The molecule has 1 aromatic heterocycles. The highest BCUT2D eigenvalue weighted by molar-refractivity contribution is 6.17. The molecule has 102 valence electrons. The highest BCUT2D eigenvalue weighted by Gasteiger charge is 2.22. The van der Waals surface area contributed by atoms with Gasteiger partial charge < -0.3 is 10.4 Å². The molecule has 0 aliphatic rings. The first-order valence-electron chi connectivity index (χ1n) is 6.50. The fourth-order valence-corrected chi connectivity index (χ4v) is 2.50. The Bertz CT molecular complexity index is 573. The largest absolute Gasteiger partial charge is 0.508 e. The zero-order valence-electron chi connectivity index (χ0n) is 11.3. The number of rotatable bonds is 5. The number of pyridine rings is 1. The third-order valence-corrected chi connectivity index (χ3v) is 3.79. The summed E-state index contributed by atoms with van der Waals surface area (Å²) in [5.74, 6) is 1.65. The van der Waals surface area contributed by atoms with Gasteiger partial charge in [-0.05, 0) is 43.4 Å². The number of fused-ring (bicyclic) bond motifs is 1. The van der Waals surface area contributed by atoms with Crippen molar-refractivity contribution in [1.82, 2.24) is 4.98 Å². The third-order valence-electron chi connectivity index (χ3n) is 3.60. The summed E-state index contributed by atoms with van der Waals surface area (Å²) in [6.07, 6.45) is 3.59. The number of hydrogen-bond acceptors (Lipinski definition) is 3. The van der Waals surface area contributed by atoms with Gasteiger partial charge in [-0.2, -0.15) is 0 Å². The van der Waals surface area contributed by atoms with Crippen molar-refractivity contribution < 1.29 is 5.11 Å². The zero-order valence-corrected chi connectivity index (χ0v) is 12.0. The van der Waals surface area contributed by atoms with Gasteiger partial charge in [-0.3, -0.25) is 0 Å². The maximum Gasteiger partial charge on any atom is 0.134 e. The van der Waals surface area contributed by atoms with Crippen LogP contribution < -0.4 is 5.32 Å². The van der Waals surface area contributed by atoms with Crippen molar-refractivity contribution in [2.24, 2.45) is 0 Å². The lowest BCUT2D eigenvalue weighted by atomic mass is 9.95. The van der Waals surface area contributed by atoms with Crippen LogP contribution >= 0.6 is 11.6 Å². The minimum atomic E-state index is -0.0888. The highest BCUT2D eigenvalue weighted by atomic mass is 35.5. The third kappa shape index (κ3) is 3.10. The molecule has 2 N–H and O–H groups in total. The summed E-state index contributed by atoms with van der Waals surface area (Å²) in [7, 11) is 0. The van der Waals surface area contributed by atoms with E-state index in [0.29, 0.717) is 5.88 Å². The summed E-state index contributed by atoms with van der Waals surface area (Å²) in [5.41, 5.74) is -0.0888. The molecule has 3 nitrogen and oxygen atoms in total. The first-order chi connectivity index (χ1) is 9.08. The van der Waals surface area contributed by atoms with Crippen LogP contribution in [0.3, 0.4) is 0 Å². The molecule has 0 saturated carbocycles. The van der Waals surface area contributed by atoms with E-state index < -0.39 is 0 Å². The lowest BCUT2D eigenvalue weighted by Crippen LogP contribution is -2.34. The minimum Gasteiger partial charge on any atom is -0.508 e. The Morgan fingerprint density at radius 2 is 2.16 bits per heavy atom. The van der Waals surface area contributed by atoms with Crippen molar-refractivity contribution >= 4 is 28.2 Å². The fraction of sp³-hybridized carbons (Fsp3) is 0.400. The van der Waals surface area contributed by atoms with Gasteiger partial charge in [-0.15, -0.1) is 11.6 Å².